The molecule has 2 aromatic carbocycles. The highest BCUT2D eigenvalue weighted by molar-refractivity contribution is 6.07. The number of hydrogen-bond acceptors (Lipinski definition) is 5. The molecule has 0 radical (unpaired) electrons. The van der Waals surface area contributed by atoms with Crippen molar-refractivity contribution in [2.45, 2.75) is 31.6 Å². The van der Waals surface area contributed by atoms with Crippen molar-refractivity contribution in [3.63, 3.8) is 0 Å². The van der Waals surface area contributed by atoms with Crippen molar-refractivity contribution in [1.29, 1.82) is 0 Å². The highest BCUT2D eigenvalue weighted by Crippen LogP contribution is 2.43. The predicted octanol–water partition coefficient (Wildman–Crippen LogP) is 4.13. The van der Waals surface area contributed by atoms with Crippen LogP contribution in [0.25, 0.3) is 0 Å². The van der Waals surface area contributed by atoms with Gasteiger partial charge in [0.05, 0.1) is 17.7 Å². The molecule has 29 heavy (non-hydrogen) atoms. The molecule has 2 aliphatic rings. The van der Waals surface area contributed by atoms with Gasteiger partial charge in [-0.1, -0.05) is 18.2 Å². The zero-order chi connectivity index (χ0) is 20.5. The lowest BCUT2D eigenvalue weighted by molar-refractivity contribution is -0.384. The number of methoxy groups -OCH3 is 1. The van der Waals surface area contributed by atoms with E-state index in [0.717, 1.165) is 5.56 Å². The summed E-state index contributed by atoms with van der Waals surface area (Å²) in [5, 5.41) is 11.2. The van der Waals surface area contributed by atoms with Crippen molar-refractivity contribution in [2.75, 3.05) is 12.0 Å². The van der Waals surface area contributed by atoms with Crippen LogP contribution in [0.2, 0.25) is 0 Å². The lowest BCUT2D eigenvalue weighted by Crippen LogP contribution is -2.40. The van der Waals surface area contributed by atoms with Gasteiger partial charge >= 0.3 is 0 Å². The largest absolute Gasteiger partial charge is 0.497 e. The van der Waals surface area contributed by atoms with E-state index >= 15 is 0 Å². The van der Waals surface area contributed by atoms with Crippen molar-refractivity contribution >= 4 is 23.1 Å². The van der Waals surface area contributed by atoms with E-state index < -0.39 is 4.92 Å². The molecule has 0 fully saturated rings. The molecule has 1 aliphatic heterocycles. The Balaban J connectivity index is 1.82. The molecule has 1 amide bonds. The van der Waals surface area contributed by atoms with E-state index in [-0.39, 0.29) is 29.7 Å². The molecule has 2 aromatic rings. The third kappa shape index (κ3) is 3.40. The fraction of sp³-hybridized carbons (Fsp3) is 0.273. The molecule has 0 aromatic heterocycles. The molecule has 0 saturated carbocycles. The van der Waals surface area contributed by atoms with Gasteiger partial charge in [0.15, 0.2) is 5.78 Å². The summed E-state index contributed by atoms with van der Waals surface area (Å²) in [6.45, 7) is 0. The Kier molecular flexibility index (Phi) is 4.88. The van der Waals surface area contributed by atoms with Crippen LogP contribution >= 0.6 is 0 Å². The monoisotopic (exact) mass is 392 g/mol. The van der Waals surface area contributed by atoms with Gasteiger partial charge < -0.3 is 4.74 Å². The number of anilines is 1. The molecule has 0 spiro atoms. The first kappa shape index (κ1) is 18.9. The molecule has 1 heterocycles. The molecular formula is C22H20N2O5. The number of amides is 1. The summed E-state index contributed by atoms with van der Waals surface area (Å²) < 4.78 is 5.20. The number of allylic oxidation sites excluding steroid dienone is 2. The van der Waals surface area contributed by atoms with E-state index in [0.29, 0.717) is 42.0 Å². The van der Waals surface area contributed by atoms with Crippen molar-refractivity contribution in [1.82, 2.24) is 0 Å². The van der Waals surface area contributed by atoms with Gasteiger partial charge in [0.25, 0.3) is 5.69 Å². The normalized spacial score (nSPS) is 19.2. The minimum Gasteiger partial charge on any atom is -0.497 e. The van der Waals surface area contributed by atoms with E-state index in [2.05, 4.69) is 0 Å². The minimum atomic E-state index is -0.487. The van der Waals surface area contributed by atoms with Crippen LogP contribution in [-0.4, -0.2) is 23.7 Å². The Morgan fingerprint density at radius 2 is 1.86 bits per heavy atom. The molecular weight excluding hydrogens is 372 g/mol. The fourth-order valence-electron chi connectivity index (χ4n) is 4.16. The Bertz CT molecular complexity index is 1030. The molecule has 0 saturated heterocycles. The van der Waals surface area contributed by atoms with Gasteiger partial charge in [0.1, 0.15) is 5.75 Å². The van der Waals surface area contributed by atoms with Crippen LogP contribution in [-0.2, 0) is 9.59 Å². The standard InChI is InChI=1S/C22H20N2O5/c1-29-17-10-8-14(9-11-17)18-13-21(26)23(19-6-3-7-20(25)22(18)19)15-4-2-5-16(12-15)24(27)28/h2,4-5,8-12,18H,3,6-7,13H2,1H3. The van der Waals surface area contributed by atoms with Crippen LogP contribution in [0, 0.1) is 10.1 Å². The molecule has 1 unspecified atom stereocenters. The van der Waals surface area contributed by atoms with E-state index in [1.54, 1.807) is 19.2 Å². The van der Waals surface area contributed by atoms with Gasteiger partial charge in [-0.3, -0.25) is 24.6 Å². The van der Waals surface area contributed by atoms with Crippen molar-refractivity contribution in [3.8, 4) is 5.75 Å². The molecule has 7 nitrogen and oxygen atoms in total. The number of nitrogens with zero attached hydrogens (tertiary/aromatic N) is 2. The summed E-state index contributed by atoms with van der Waals surface area (Å²) in [5.74, 6) is 0.263. The van der Waals surface area contributed by atoms with Crippen LogP contribution in [0.5, 0.6) is 5.75 Å². The maximum atomic E-state index is 13.1. The Morgan fingerprint density at radius 1 is 1.10 bits per heavy atom. The fourth-order valence-corrected chi connectivity index (χ4v) is 4.16. The van der Waals surface area contributed by atoms with Crippen LogP contribution in [0.3, 0.4) is 0 Å². The van der Waals surface area contributed by atoms with E-state index in [1.807, 2.05) is 24.3 Å². The second-order valence-electron chi connectivity index (χ2n) is 7.17. The number of hydrogen-bond donors (Lipinski definition) is 0. The van der Waals surface area contributed by atoms with Crippen molar-refractivity contribution < 1.29 is 19.2 Å². The lowest BCUT2D eigenvalue weighted by Gasteiger charge is -2.38. The quantitative estimate of drug-likeness (QED) is 0.576. The first-order chi connectivity index (χ1) is 14.0. The summed E-state index contributed by atoms with van der Waals surface area (Å²) in [7, 11) is 1.58. The summed E-state index contributed by atoms with van der Waals surface area (Å²) in [6.07, 6.45) is 1.83. The molecule has 0 bridgehead atoms. The van der Waals surface area contributed by atoms with Crippen molar-refractivity contribution in [3.05, 3.63) is 75.5 Å². The second-order valence-corrected chi connectivity index (χ2v) is 7.17. The topological polar surface area (TPSA) is 89.8 Å². The number of ether oxygens (including phenoxy) is 1. The van der Waals surface area contributed by atoms with E-state index in [9.17, 15) is 19.7 Å². The Labute approximate surface area is 167 Å². The van der Waals surface area contributed by atoms with Gasteiger partial charge in [-0.05, 0) is 36.6 Å². The third-order valence-electron chi connectivity index (χ3n) is 5.49. The van der Waals surface area contributed by atoms with Gasteiger partial charge in [-0.15, -0.1) is 0 Å². The highest BCUT2D eigenvalue weighted by atomic mass is 16.6. The van der Waals surface area contributed by atoms with Gasteiger partial charge in [0.2, 0.25) is 5.91 Å². The van der Waals surface area contributed by atoms with E-state index in [4.69, 9.17) is 4.74 Å². The number of nitro benzene ring substituents is 1. The van der Waals surface area contributed by atoms with Crippen LogP contribution in [0.1, 0.15) is 37.2 Å². The summed E-state index contributed by atoms with van der Waals surface area (Å²) in [6, 6.07) is 13.4. The van der Waals surface area contributed by atoms with Crippen LogP contribution in [0.15, 0.2) is 59.8 Å². The maximum Gasteiger partial charge on any atom is 0.271 e. The minimum absolute atomic E-state index is 0.0370. The Morgan fingerprint density at radius 3 is 2.55 bits per heavy atom. The number of ketones is 1. The zero-order valence-electron chi connectivity index (χ0n) is 16.0. The van der Waals surface area contributed by atoms with Crippen molar-refractivity contribution in [2.24, 2.45) is 0 Å². The number of nitro groups is 1. The smallest absolute Gasteiger partial charge is 0.271 e. The zero-order valence-corrected chi connectivity index (χ0v) is 16.0. The predicted molar refractivity (Wildman–Crippen MR) is 107 cm³/mol. The molecule has 0 N–H and O–H groups in total. The molecule has 4 rings (SSSR count). The highest BCUT2D eigenvalue weighted by Gasteiger charge is 2.39. The van der Waals surface area contributed by atoms with Gasteiger partial charge in [0, 0.05) is 42.2 Å². The number of non-ortho nitro benzene ring substituents is 1. The Hall–Kier alpha value is -3.48. The number of benzene rings is 2. The summed E-state index contributed by atoms with van der Waals surface area (Å²) >= 11 is 0. The molecule has 7 heteroatoms. The molecule has 148 valence electrons. The maximum absolute atomic E-state index is 13.1. The third-order valence-corrected chi connectivity index (χ3v) is 5.49. The summed E-state index contributed by atoms with van der Waals surface area (Å²) in [5.41, 5.74) is 2.54. The first-order valence-electron chi connectivity index (χ1n) is 9.47. The van der Waals surface area contributed by atoms with Crippen LogP contribution < -0.4 is 9.64 Å². The number of Topliss-reactive ketones (excluding diaryl/α,β-unsaturated/α-hetero) is 1. The average molecular weight is 392 g/mol. The second kappa shape index (κ2) is 7.50. The average Bonchev–Trinajstić information content (AvgIpc) is 2.73. The SMILES string of the molecule is COc1ccc(C2CC(=O)N(c3cccc([N+](=O)[O-])c3)C3=C2C(=O)CCC3)cc1. The van der Waals surface area contributed by atoms with Gasteiger partial charge in [-0.2, -0.15) is 0 Å². The summed E-state index contributed by atoms with van der Waals surface area (Å²) in [4.78, 5) is 38.2. The molecule has 1 atom stereocenters. The lowest BCUT2D eigenvalue weighted by atomic mass is 9.77. The number of rotatable bonds is 4. The number of carbonyl (C=O) groups excluding carboxylic acids is 2. The van der Waals surface area contributed by atoms with E-state index in [1.165, 1.54) is 17.0 Å². The van der Waals surface area contributed by atoms with Crippen LogP contribution in [0.4, 0.5) is 11.4 Å². The van der Waals surface area contributed by atoms with Gasteiger partial charge in [-0.25, -0.2) is 0 Å². The first-order valence-corrected chi connectivity index (χ1v) is 9.47. The number of carbonyl (C=O) groups is 2. The molecule has 1 aliphatic carbocycles.